The second-order valence-electron chi connectivity index (χ2n) is 5.85. The fraction of sp³-hybridized carbons (Fsp3) is 0.222. The second-order valence-corrected chi connectivity index (χ2v) is 5.85. The number of rotatable bonds is 2. The van der Waals surface area contributed by atoms with Crippen LogP contribution in [0.15, 0.2) is 42.9 Å². The van der Waals surface area contributed by atoms with Crippen molar-refractivity contribution >= 4 is 11.6 Å². The molecule has 1 atom stereocenters. The number of nitrogens with zero attached hydrogens (tertiary/aromatic N) is 4. The lowest BCUT2D eigenvalue weighted by Crippen LogP contribution is -2.26. The second kappa shape index (κ2) is 5.56. The zero-order chi connectivity index (χ0) is 16.7. The highest BCUT2D eigenvalue weighted by Gasteiger charge is 2.32. The molecule has 4 heterocycles. The Hall–Kier alpha value is -3.02. The van der Waals surface area contributed by atoms with Crippen LogP contribution in [-0.2, 0) is 0 Å². The van der Waals surface area contributed by atoms with E-state index in [4.69, 9.17) is 4.98 Å². The number of anilines is 1. The number of amides is 1. The van der Waals surface area contributed by atoms with Gasteiger partial charge in [0.2, 0.25) is 0 Å². The largest absolute Gasteiger partial charge is 0.310 e. The van der Waals surface area contributed by atoms with E-state index in [0.29, 0.717) is 5.56 Å². The molecule has 0 fully saturated rings. The number of H-pyrrole nitrogens is 1. The van der Waals surface area contributed by atoms with Gasteiger partial charge in [-0.3, -0.25) is 14.9 Å². The minimum atomic E-state index is -0.0480. The van der Waals surface area contributed by atoms with Crippen molar-refractivity contribution in [2.24, 2.45) is 0 Å². The first-order valence-corrected chi connectivity index (χ1v) is 7.93. The van der Waals surface area contributed by atoms with E-state index in [1.807, 2.05) is 24.4 Å². The van der Waals surface area contributed by atoms with Crippen molar-refractivity contribution in [2.75, 3.05) is 11.9 Å². The van der Waals surface area contributed by atoms with Crippen LogP contribution in [0.4, 0.5) is 5.69 Å². The SMILES string of the molecule is CCC1c2ncccc2C(=O)N(C)c2ccc(-c3cn[nH]c3)nc21. The number of aromatic amines is 1. The first kappa shape index (κ1) is 14.6. The summed E-state index contributed by atoms with van der Waals surface area (Å²) in [5, 5.41) is 6.80. The van der Waals surface area contributed by atoms with Gasteiger partial charge in [0, 0.05) is 30.9 Å². The third-order valence-electron chi connectivity index (χ3n) is 4.50. The third-order valence-corrected chi connectivity index (χ3v) is 4.50. The van der Waals surface area contributed by atoms with Gasteiger partial charge in [-0.05, 0) is 30.7 Å². The van der Waals surface area contributed by atoms with Crippen LogP contribution in [0.2, 0.25) is 0 Å². The van der Waals surface area contributed by atoms with Gasteiger partial charge >= 0.3 is 0 Å². The predicted molar refractivity (Wildman–Crippen MR) is 90.9 cm³/mol. The molecule has 1 N–H and O–H groups in total. The predicted octanol–water partition coefficient (Wildman–Crippen LogP) is 3.00. The fourth-order valence-corrected chi connectivity index (χ4v) is 3.24. The van der Waals surface area contributed by atoms with E-state index in [9.17, 15) is 4.79 Å². The summed E-state index contributed by atoms with van der Waals surface area (Å²) in [6, 6.07) is 7.52. The van der Waals surface area contributed by atoms with Crippen molar-refractivity contribution in [3.8, 4) is 11.3 Å². The van der Waals surface area contributed by atoms with Gasteiger partial charge in [-0.25, -0.2) is 4.98 Å². The summed E-state index contributed by atoms with van der Waals surface area (Å²) in [4.78, 5) is 23.8. The van der Waals surface area contributed by atoms with Crippen LogP contribution in [0.5, 0.6) is 0 Å². The number of carbonyl (C=O) groups excluding carboxylic acids is 1. The highest BCUT2D eigenvalue weighted by molar-refractivity contribution is 6.08. The molecule has 3 aromatic heterocycles. The van der Waals surface area contributed by atoms with Crippen LogP contribution >= 0.6 is 0 Å². The van der Waals surface area contributed by atoms with Gasteiger partial charge in [0.1, 0.15) is 0 Å². The molecule has 0 bridgehead atoms. The average Bonchev–Trinajstić information content (AvgIpc) is 3.13. The van der Waals surface area contributed by atoms with Crippen LogP contribution in [-0.4, -0.2) is 33.1 Å². The average molecular weight is 319 g/mol. The van der Waals surface area contributed by atoms with Crippen molar-refractivity contribution < 1.29 is 4.79 Å². The topological polar surface area (TPSA) is 74.8 Å². The van der Waals surface area contributed by atoms with Gasteiger partial charge in [0.25, 0.3) is 5.91 Å². The lowest BCUT2D eigenvalue weighted by atomic mass is 9.93. The Balaban J connectivity index is 1.96. The van der Waals surface area contributed by atoms with Crippen molar-refractivity contribution in [3.63, 3.8) is 0 Å². The molecule has 0 aromatic carbocycles. The number of carbonyl (C=O) groups is 1. The van der Waals surface area contributed by atoms with Crippen LogP contribution in [0.1, 0.15) is 41.0 Å². The lowest BCUT2D eigenvalue weighted by Gasteiger charge is -2.19. The Morgan fingerprint density at radius 1 is 1.25 bits per heavy atom. The van der Waals surface area contributed by atoms with Gasteiger partial charge in [-0.1, -0.05) is 6.92 Å². The maximum atomic E-state index is 12.8. The molecule has 24 heavy (non-hydrogen) atoms. The van der Waals surface area contributed by atoms with Gasteiger partial charge < -0.3 is 4.90 Å². The number of nitrogens with one attached hydrogen (secondary N) is 1. The Labute approximate surface area is 139 Å². The van der Waals surface area contributed by atoms with Crippen LogP contribution in [0.3, 0.4) is 0 Å². The van der Waals surface area contributed by atoms with Crippen LogP contribution < -0.4 is 4.90 Å². The monoisotopic (exact) mass is 319 g/mol. The zero-order valence-electron chi connectivity index (χ0n) is 13.5. The maximum absolute atomic E-state index is 12.8. The Morgan fingerprint density at radius 2 is 2.12 bits per heavy atom. The lowest BCUT2D eigenvalue weighted by molar-refractivity contribution is 0.0992. The van der Waals surface area contributed by atoms with Gasteiger partial charge in [-0.2, -0.15) is 5.10 Å². The van der Waals surface area contributed by atoms with Gasteiger partial charge in [0.05, 0.1) is 34.5 Å². The summed E-state index contributed by atoms with van der Waals surface area (Å²) in [5.41, 5.74) is 4.91. The summed E-state index contributed by atoms with van der Waals surface area (Å²) >= 11 is 0. The van der Waals surface area contributed by atoms with Crippen LogP contribution in [0.25, 0.3) is 11.3 Å². The number of fused-ring (bicyclic) bond motifs is 2. The molecular weight excluding hydrogens is 302 g/mol. The zero-order valence-corrected chi connectivity index (χ0v) is 13.5. The number of hydrogen-bond acceptors (Lipinski definition) is 4. The normalized spacial score (nSPS) is 16.5. The summed E-state index contributed by atoms with van der Waals surface area (Å²) < 4.78 is 0. The molecule has 1 unspecified atom stereocenters. The molecule has 0 spiro atoms. The number of aromatic nitrogens is 4. The molecule has 0 saturated carbocycles. The molecular formula is C18H17N5O. The van der Waals surface area contributed by atoms with E-state index in [-0.39, 0.29) is 11.8 Å². The highest BCUT2D eigenvalue weighted by Crippen LogP contribution is 2.38. The third kappa shape index (κ3) is 2.11. The molecule has 1 aliphatic heterocycles. The molecule has 3 aromatic rings. The first-order chi connectivity index (χ1) is 11.7. The van der Waals surface area contributed by atoms with Crippen molar-refractivity contribution in [1.29, 1.82) is 0 Å². The first-order valence-electron chi connectivity index (χ1n) is 7.93. The summed E-state index contributed by atoms with van der Waals surface area (Å²) in [6.45, 7) is 2.09. The minimum absolute atomic E-state index is 0.0167. The molecule has 0 saturated heterocycles. The Kier molecular flexibility index (Phi) is 3.37. The minimum Gasteiger partial charge on any atom is -0.310 e. The van der Waals surface area contributed by atoms with Crippen molar-refractivity contribution in [1.82, 2.24) is 20.2 Å². The fourth-order valence-electron chi connectivity index (χ4n) is 3.24. The molecule has 1 aliphatic rings. The summed E-state index contributed by atoms with van der Waals surface area (Å²) in [5.74, 6) is -0.0647. The van der Waals surface area contributed by atoms with E-state index in [0.717, 1.165) is 34.8 Å². The molecule has 6 heteroatoms. The molecule has 120 valence electrons. The maximum Gasteiger partial charge on any atom is 0.259 e. The van der Waals surface area contributed by atoms with Crippen LogP contribution in [0, 0.1) is 0 Å². The molecule has 6 nitrogen and oxygen atoms in total. The summed E-state index contributed by atoms with van der Waals surface area (Å²) in [6.07, 6.45) is 6.11. The number of hydrogen-bond donors (Lipinski definition) is 1. The molecule has 1 amide bonds. The number of pyridine rings is 2. The molecule has 0 aliphatic carbocycles. The van der Waals surface area contributed by atoms with E-state index in [1.165, 1.54) is 0 Å². The van der Waals surface area contributed by atoms with E-state index >= 15 is 0 Å². The summed E-state index contributed by atoms with van der Waals surface area (Å²) in [7, 11) is 1.79. The Morgan fingerprint density at radius 3 is 2.88 bits per heavy atom. The van der Waals surface area contributed by atoms with Gasteiger partial charge in [0.15, 0.2) is 0 Å². The Bertz CT molecular complexity index is 904. The van der Waals surface area contributed by atoms with E-state index < -0.39 is 0 Å². The van der Waals surface area contributed by atoms with E-state index in [1.54, 1.807) is 30.4 Å². The molecule has 4 rings (SSSR count). The van der Waals surface area contributed by atoms with Crippen molar-refractivity contribution in [2.45, 2.75) is 19.3 Å². The van der Waals surface area contributed by atoms with Gasteiger partial charge in [-0.15, -0.1) is 0 Å². The highest BCUT2D eigenvalue weighted by atomic mass is 16.2. The standard InChI is InChI=1S/C18H17N5O/c1-3-12-16-13(5-4-8-19-16)18(24)23(2)15-7-6-14(22-17(12)15)11-9-20-21-10-11/h4-10,12H,3H2,1-2H3,(H,20,21). The van der Waals surface area contributed by atoms with E-state index in [2.05, 4.69) is 22.1 Å². The smallest absolute Gasteiger partial charge is 0.259 e. The quantitative estimate of drug-likeness (QED) is 0.788. The van der Waals surface area contributed by atoms with Crippen molar-refractivity contribution in [3.05, 3.63) is 59.8 Å². The molecule has 0 radical (unpaired) electrons.